The summed E-state index contributed by atoms with van der Waals surface area (Å²) in [7, 11) is 0. The lowest BCUT2D eigenvalue weighted by Crippen LogP contribution is -2.21. The third kappa shape index (κ3) is 5.35. The van der Waals surface area contributed by atoms with E-state index in [1.165, 1.54) is 6.07 Å². The lowest BCUT2D eigenvalue weighted by atomic mass is 10.1. The third-order valence-corrected chi connectivity index (χ3v) is 4.28. The highest BCUT2D eigenvalue weighted by molar-refractivity contribution is 9.10. The summed E-state index contributed by atoms with van der Waals surface area (Å²) in [5, 5.41) is 7.36. The highest BCUT2D eigenvalue weighted by atomic mass is 79.9. The largest absolute Gasteiger partial charge is 0.323 e. The molecular formula is C20H13BrF3N3O2. The smallest absolute Gasteiger partial charge is 0.320 e. The van der Waals surface area contributed by atoms with Gasteiger partial charge in [0.2, 0.25) is 0 Å². The Hall–Kier alpha value is -3.33. The molecule has 0 atom stereocenters. The molecule has 29 heavy (non-hydrogen) atoms. The van der Waals surface area contributed by atoms with Crippen LogP contribution >= 0.6 is 15.9 Å². The molecule has 3 rings (SSSR count). The molecular weight excluding hydrogens is 451 g/mol. The predicted octanol–water partition coefficient (Wildman–Crippen LogP) is 5.76. The van der Waals surface area contributed by atoms with Gasteiger partial charge in [0.1, 0.15) is 17.5 Å². The summed E-state index contributed by atoms with van der Waals surface area (Å²) in [5.74, 6) is -3.42. The quantitative estimate of drug-likeness (QED) is 0.460. The van der Waals surface area contributed by atoms with E-state index in [9.17, 15) is 22.8 Å². The molecule has 0 aromatic heterocycles. The van der Waals surface area contributed by atoms with Crippen molar-refractivity contribution in [2.75, 3.05) is 16.0 Å². The van der Waals surface area contributed by atoms with Crippen molar-refractivity contribution in [2.24, 2.45) is 0 Å². The van der Waals surface area contributed by atoms with Crippen LogP contribution in [0.5, 0.6) is 0 Å². The van der Waals surface area contributed by atoms with Crippen LogP contribution in [-0.2, 0) is 0 Å². The minimum atomic E-state index is -1.05. The van der Waals surface area contributed by atoms with Gasteiger partial charge in [0.15, 0.2) is 0 Å². The minimum Gasteiger partial charge on any atom is -0.320 e. The number of carbonyl (C=O) groups excluding carboxylic acids is 2. The van der Waals surface area contributed by atoms with E-state index in [0.717, 1.165) is 28.7 Å². The minimum absolute atomic E-state index is 0.0334. The van der Waals surface area contributed by atoms with E-state index >= 15 is 0 Å². The highest BCUT2D eigenvalue weighted by Gasteiger charge is 2.16. The number of hydrogen-bond acceptors (Lipinski definition) is 2. The number of hydrogen-bond donors (Lipinski definition) is 3. The molecule has 0 aliphatic rings. The van der Waals surface area contributed by atoms with Crippen LogP contribution in [0.1, 0.15) is 10.4 Å². The Bertz CT molecular complexity index is 1080. The van der Waals surface area contributed by atoms with Crippen molar-refractivity contribution in [3.8, 4) is 0 Å². The lowest BCUT2D eigenvalue weighted by molar-refractivity contribution is 0.102. The molecule has 0 saturated heterocycles. The number of carbonyl (C=O) groups is 2. The first kappa shape index (κ1) is 20.4. The molecule has 0 saturated carbocycles. The van der Waals surface area contributed by atoms with Crippen LogP contribution in [-0.4, -0.2) is 11.9 Å². The zero-order chi connectivity index (χ0) is 21.0. The van der Waals surface area contributed by atoms with Crippen molar-refractivity contribution in [1.29, 1.82) is 0 Å². The monoisotopic (exact) mass is 463 g/mol. The summed E-state index contributed by atoms with van der Waals surface area (Å²) in [6, 6.07) is 11.8. The fourth-order valence-corrected chi connectivity index (χ4v) is 2.67. The van der Waals surface area contributed by atoms with Gasteiger partial charge in [-0.05, 0) is 54.6 Å². The highest BCUT2D eigenvalue weighted by Crippen LogP contribution is 2.24. The van der Waals surface area contributed by atoms with Gasteiger partial charge in [-0.1, -0.05) is 15.9 Å². The molecule has 9 heteroatoms. The summed E-state index contributed by atoms with van der Waals surface area (Å²) in [6.45, 7) is 0. The maximum atomic E-state index is 13.8. The molecule has 0 spiro atoms. The van der Waals surface area contributed by atoms with Gasteiger partial charge < -0.3 is 16.0 Å². The van der Waals surface area contributed by atoms with Crippen molar-refractivity contribution >= 4 is 44.9 Å². The van der Waals surface area contributed by atoms with E-state index in [-0.39, 0.29) is 11.4 Å². The molecule has 3 aromatic rings. The molecule has 0 bridgehead atoms. The Morgan fingerprint density at radius 1 is 0.724 bits per heavy atom. The Balaban J connectivity index is 1.77. The Labute approximate surface area is 172 Å². The molecule has 0 unspecified atom stereocenters. The molecule has 3 aromatic carbocycles. The molecule has 3 amide bonds. The second-order valence-corrected chi connectivity index (χ2v) is 6.77. The van der Waals surface area contributed by atoms with E-state index < -0.39 is 35.0 Å². The van der Waals surface area contributed by atoms with Gasteiger partial charge in [-0.15, -0.1) is 0 Å². The number of halogens is 4. The van der Waals surface area contributed by atoms with Gasteiger partial charge in [-0.25, -0.2) is 18.0 Å². The molecule has 148 valence electrons. The van der Waals surface area contributed by atoms with Crippen LogP contribution in [0, 0.1) is 17.5 Å². The van der Waals surface area contributed by atoms with Crippen LogP contribution < -0.4 is 16.0 Å². The SMILES string of the molecule is O=C(Nc1ccc(Br)cc1)Nc1cc(F)ccc1NC(=O)c1ccc(F)cc1F. The van der Waals surface area contributed by atoms with E-state index in [2.05, 4.69) is 31.9 Å². The molecule has 5 nitrogen and oxygen atoms in total. The summed E-state index contributed by atoms with van der Waals surface area (Å²) in [4.78, 5) is 24.5. The van der Waals surface area contributed by atoms with Gasteiger partial charge in [0.25, 0.3) is 5.91 Å². The second kappa shape index (κ2) is 8.78. The topological polar surface area (TPSA) is 70.2 Å². The van der Waals surface area contributed by atoms with Gasteiger partial charge >= 0.3 is 6.03 Å². The Kier molecular flexibility index (Phi) is 6.18. The van der Waals surface area contributed by atoms with E-state index in [1.807, 2.05) is 0 Å². The fraction of sp³-hybridized carbons (Fsp3) is 0. The number of benzene rings is 3. The van der Waals surface area contributed by atoms with Crippen LogP contribution in [0.4, 0.5) is 35.0 Å². The zero-order valence-corrected chi connectivity index (χ0v) is 16.2. The van der Waals surface area contributed by atoms with E-state index in [1.54, 1.807) is 24.3 Å². The van der Waals surface area contributed by atoms with Crippen molar-refractivity contribution in [2.45, 2.75) is 0 Å². The summed E-state index contributed by atoms with van der Waals surface area (Å²) in [6.07, 6.45) is 0. The van der Waals surface area contributed by atoms with E-state index in [4.69, 9.17) is 0 Å². The predicted molar refractivity (Wildman–Crippen MR) is 107 cm³/mol. The first-order valence-electron chi connectivity index (χ1n) is 8.21. The van der Waals surface area contributed by atoms with Crippen LogP contribution in [0.15, 0.2) is 65.1 Å². The maximum absolute atomic E-state index is 13.8. The maximum Gasteiger partial charge on any atom is 0.323 e. The molecule has 0 heterocycles. The zero-order valence-electron chi connectivity index (χ0n) is 14.6. The Morgan fingerprint density at radius 3 is 2.07 bits per heavy atom. The Morgan fingerprint density at radius 2 is 1.38 bits per heavy atom. The molecule has 0 fully saturated rings. The molecule has 3 N–H and O–H groups in total. The van der Waals surface area contributed by atoms with Crippen molar-refractivity contribution in [3.05, 3.63) is 88.2 Å². The average molecular weight is 464 g/mol. The number of amides is 3. The molecule has 0 aliphatic carbocycles. The van der Waals surface area contributed by atoms with Crippen LogP contribution in [0.25, 0.3) is 0 Å². The van der Waals surface area contributed by atoms with Gasteiger partial charge in [0.05, 0.1) is 16.9 Å². The van der Waals surface area contributed by atoms with Crippen LogP contribution in [0.3, 0.4) is 0 Å². The first-order valence-corrected chi connectivity index (χ1v) is 9.00. The average Bonchev–Trinajstić information content (AvgIpc) is 2.65. The van der Waals surface area contributed by atoms with Gasteiger partial charge in [-0.3, -0.25) is 4.79 Å². The summed E-state index contributed by atoms with van der Waals surface area (Å²) in [5.41, 5.74) is 0.0728. The summed E-state index contributed by atoms with van der Waals surface area (Å²) >= 11 is 3.28. The van der Waals surface area contributed by atoms with Crippen molar-refractivity contribution < 1.29 is 22.8 Å². The van der Waals surface area contributed by atoms with Crippen molar-refractivity contribution in [3.63, 3.8) is 0 Å². The standard InChI is InChI=1S/C20H13BrF3N3O2/c21-11-1-5-14(6-2-11)25-20(29)27-18-10-13(23)4-8-17(18)26-19(28)15-7-3-12(22)9-16(15)24/h1-10H,(H,26,28)(H2,25,27,29). The van der Waals surface area contributed by atoms with Gasteiger partial charge in [-0.2, -0.15) is 0 Å². The number of rotatable bonds is 4. The number of nitrogens with one attached hydrogen (secondary N) is 3. The van der Waals surface area contributed by atoms with Crippen LogP contribution in [0.2, 0.25) is 0 Å². The normalized spacial score (nSPS) is 10.3. The number of urea groups is 1. The third-order valence-electron chi connectivity index (χ3n) is 3.76. The molecule has 0 aliphatic heterocycles. The lowest BCUT2D eigenvalue weighted by Gasteiger charge is -2.14. The summed E-state index contributed by atoms with van der Waals surface area (Å²) < 4.78 is 41.3. The van der Waals surface area contributed by atoms with E-state index in [0.29, 0.717) is 11.8 Å². The second-order valence-electron chi connectivity index (χ2n) is 5.85. The number of anilines is 3. The fourth-order valence-electron chi connectivity index (χ4n) is 2.41. The van der Waals surface area contributed by atoms with Gasteiger partial charge in [0, 0.05) is 16.2 Å². The first-order chi connectivity index (χ1) is 13.8. The van der Waals surface area contributed by atoms with Crippen molar-refractivity contribution in [1.82, 2.24) is 0 Å². The molecule has 0 radical (unpaired) electrons.